The van der Waals surface area contributed by atoms with Gasteiger partial charge < -0.3 is 5.32 Å². The zero-order valence-electron chi connectivity index (χ0n) is 12.7. The molecule has 1 N–H and O–H groups in total. The van der Waals surface area contributed by atoms with Crippen LogP contribution in [-0.2, 0) is 0 Å². The van der Waals surface area contributed by atoms with Crippen LogP contribution in [-0.4, -0.2) is 35.7 Å². The Hall–Kier alpha value is -1.16. The van der Waals surface area contributed by atoms with Crippen molar-refractivity contribution in [1.29, 1.82) is 0 Å². The maximum absolute atomic E-state index is 4.89. The van der Waals surface area contributed by atoms with Gasteiger partial charge in [-0.1, -0.05) is 13.3 Å². The van der Waals surface area contributed by atoms with Crippen molar-refractivity contribution >= 4 is 11.4 Å². The van der Waals surface area contributed by atoms with E-state index in [4.69, 9.17) is 10.1 Å². The van der Waals surface area contributed by atoms with Crippen molar-refractivity contribution in [2.45, 2.75) is 58.4 Å². The maximum Gasteiger partial charge on any atom is 0.131 e. The van der Waals surface area contributed by atoms with Crippen molar-refractivity contribution in [3.63, 3.8) is 0 Å². The van der Waals surface area contributed by atoms with Crippen molar-refractivity contribution in [1.82, 2.24) is 10.3 Å². The predicted octanol–water partition coefficient (Wildman–Crippen LogP) is 2.92. The second-order valence-electron chi connectivity index (χ2n) is 6.13. The number of hydrazone groups is 1. The van der Waals surface area contributed by atoms with Gasteiger partial charge in [-0.3, -0.25) is 4.99 Å². The van der Waals surface area contributed by atoms with Crippen LogP contribution in [0.15, 0.2) is 21.9 Å². The summed E-state index contributed by atoms with van der Waals surface area (Å²) in [6.45, 7) is 6.19. The van der Waals surface area contributed by atoms with E-state index in [1.807, 2.05) is 0 Å². The molecule has 2 fully saturated rings. The van der Waals surface area contributed by atoms with E-state index in [-0.39, 0.29) is 0 Å². The maximum atomic E-state index is 4.89. The number of nitrogens with one attached hydrogen (secondary N) is 1. The predicted molar refractivity (Wildman–Crippen MR) is 84.0 cm³/mol. The van der Waals surface area contributed by atoms with Crippen molar-refractivity contribution in [3.05, 3.63) is 11.8 Å². The van der Waals surface area contributed by atoms with Crippen LogP contribution in [0.3, 0.4) is 0 Å². The van der Waals surface area contributed by atoms with Crippen molar-refractivity contribution in [2.75, 3.05) is 13.2 Å². The van der Waals surface area contributed by atoms with E-state index in [1.165, 1.54) is 49.2 Å². The number of hydrogen-bond acceptors (Lipinski definition) is 4. The average molecular weight is 274 g/mol. The fourth-order valence-corrected chi connectivity index (χ4v) is 3.01. The van der Waals surface area contributed by atoms with Gasteiger partial charge in [0.25, 0.3) is 0 Å². The molecule has 2 aliphatic heterocycles. The number of nitrogens with zero attached hydrogens (tertiary/aromatic N) is 3. The van der Waals surface area contributed by atoms with Crippen LogP contribution in [0.25, 0.3) is 0 Å². The molecule has 0 radical (unpaired) electrons. The fraction of sp³-hybridized carbons (Fsp3) is 0.750. The minimum atomic E-state index is 0.468. The molecule has 4 nitrogen and oxygen atoms in total. The zero-order valence-corrected chi connectivity index (χ0v) is 12.7. The van der Waals surface area contributed by atoms with Gasteiger partial charge in [0, 0.05) is 23.4 Å². The monoisotopic (exact) mass is 274 g/mol. The third kappa shape index (κ3) is 3.11. The molecule has 3 rings (SSSR count). The van der Waals surface area contributed by atoms with Gasteiger partial charge in [-0.05, 0) is 51.6 Å². The normalized spacial score (nSPS) is 28.2. The van der Waals surface area contributed by atoms with Gasteiger partial charge >= 0.3 is 0 Å². The molecule has 0 amide bonds. The van der Waals surface area contributed by atoms with Crippen LogP contribution >= 0.6 is 0 Å². The Morgan fingerprint density at radius 1 is 1.40 bits per heavy atom. The molecular formula is C16H26N4. The minimum Gasteiger partial charge on any atom is -0.309 e. The summed E-state index contributed by atoms with van der Waals surface area (Å²) in [5.74, 6) is 0.738. The molecular weight excluding hydrogens is 248 g/mol. The van der Waals surface area contributed by atoms with Crippen molar-refractivity contribution < 1.29 is 0 Å². The lowest BCUT2D eigenvalue weighted by Crippen LogP contribution is -2.41. The quantitative estimate of drug-likeness (QED) is 0.801. The molecule has 0 aromatic carbocycles. The topological polar surface area (TPSA) is 40.0 Å². The van der Waals surface area contributed by atoms with Gasteiger partial charge in [-0.2, -0.15) is 5.10 Å². The number of piperidine rings is 1. The van der Waals surface area contributed by atoms with E-state index in [1.54, 1.807) is 0 Å². The largest absolute Gasteiger partial charge is 0.309 e. The van der Waals surface area contributed by atoms with Gasteiger partial charge in [0.2, 0.25) is 0 Å². The molecule has 3 aliphatic rings. The summed E-state index contributed by atoms with van der Waals surface area (Å²) in [4.78, 5) is 4.69. The Labute approximate surface area is 122 Å². The molecule has 0 aromatic rings. The lowest BCUT2D eigenvalue weighted by molar-refractivity contribution is 0.364. The standard InChI is InChI=1S/C16H26N4/c1-3-14(15-6-4-5-9-17-15)19-20-11-18-16(10-12(20)2)13-7-8-13/h10,13,15,17H,3-9,11H2,1-2H3/b19-14+/t15-/m0/s1. The molecule has 1 atom stereocenters. The fourth-order valence-electron chi connectivity index (χ4n) is 3.01. The highest BCUT2D eigenvalue weighted by Gasteiger charge is 2.28. The van der Waals surface area contributed by atoms with Crippen LogP contribution in [0.1, 0.15) is 52.4 Å². The molecule has 20 heavy (non-hydrogen) atoms. The summed E-state index contributed by atoms with van der Waals surface area (Å²) in [6.07, 6.45) is 9.71. The van der Waals surface area contributed by atoms with E-state index < -0.39 is 0 Å². The first-order valence-electron chi connectivity index (χ1n) is 8.09. The van der Waals surface area contributed by atoms with E-state index >= 15 is 0 Å². The minimum absolute atomic E-state index is 0.468. The van der Waals surface area contributed by atoms with E-state index in [9.17, 15) is 0 Å². The highest BCUT2D eigenvalue weighted by atomic mass is 15.5. The third-order valence-corrected chi connectivity index (χ3v) is 4.47. The summed E-state index contributed by atoms with van der Waals surface area (Å²) >= 11 is 0. The number of rotatable bonds is 4. The molecule has 0 spiro atoms. The van der Waals surface area contributed by atoms with Crippen LogP contribution in [0.4, 0.5) is 0 Å². The van der Waals surface area contributed by atoms with Crippen LogP contribution in [0.2, 0.25) is 0 Å². The number of allylic oxidation sites excluding steroid dienone is 2. The van der Waals surface area contributed by atoms with Gasteiger partial charge in [0.1, 0.15) is 6.67 Å². The molecule has 4 heteroatoms. The van der Waals surface area contributed by atoms with Crippen molar-refractivity contribution in [2.24, 2.45) is 16.0 Å². The summed E-state index contributed by atoms with van der Waals surface area (Å²) in [7, 11) is 0. The lowest BCUT2D eigenvalue weighted by Gasteiger charge is -2.28. The Kier molecular flexibility index (Phi) is 4.20. The lowest BCUT2D eigenvalue weighted by atomic mass is 9.99. The number of aliphatic imine (C=N–C) groups is 1. The van der Waals surface area contributed by atoms with Gasteiger partial charge in [0.15, 0.2) is 0 Å². The highest BCUT2D eigenvalue weighted by molar-refractivity contribution is 5.99. The van der Waals surface area contributed by atoms with Crippen LogP contribution in [0, 0.1) is 5.92 Å². The molecule has 1 saturated heterocycles. The third-order valence-electron chi connectivity index (χ3n) is 4.47. The zero-order chi connectivity index (χ0) is 13.9. The summed E-state index contributed by atoms with van der Waals surface area (Å²) in [5, 5.41) is 10.6. The first-order chi connectivity index (χ1) is 9.78. The summed E-state index contributed by atoms with van der Waals surface area (Å²) < 4.78 is 0. The average Bonchev–Trinajstić information content (AvgIpc) is 3.31. The van der Waals surface area contributed by atoms with Crippen LogP contribution < -0.4 is 5.32 Å². The summed E-state index contributed by atoms with van der Waals surface area (Å²) in [6, 6.07) is 0.468. The van der Waals surface area contributed by atoms with E-state index in [0.717, 1.165) is 18.9 Å². The molecule has 0 bridgehead atoms. The second-order valence-corrected chi connectivity index (χ2v) is 6.13. The summed E-state index contributed by atoms with van der Waals surface area (Å²) in [5.41, 5.74) is 3.81. The van der Waals surface area contributed by atoms with E-state index in [2.05, 4.69) is 30.2 Å². The molecule has 2 heterocycles. The van der Waals surface area contributed by atoms with Crippen LogP contribution in [0.5, 0.6) is 0 Å². The Bertz CT molecular complexity index is 439. The molecule has 1 saturated carbocycles. The van der Waals surface area contributed by atoms with Crippen molar-refractivity contribution in [3.8, 4) is 0 Å². The molecule has 0 unspecified atom stereocenters. The first-order valence-corrected chi connectivity index (χ1v) is 8.09. The second kappa shape index (κ2) is 6.08. The van der Waals surface area contributed by atoms with Gasteiger partial charge in [-0.15, -0.1) is 0 Å². The molecule has 1 aliphatic carbocycles. The Balaban J connectivity index is 1.68. The van der Waals surface area contributed by atoms with Gasteiger partial charge in [-0.25, -0.2) is 5.01 Å². The molecule has 0 aromatic heterocycles. The highest BCUT2D eigenvalue weighted by Crippen LogP contribution is 2.33. The SMILES string of the molecule is CC/C(=N\N1CN=C(C2CC2)C=C1C)[C@@H]1CCCCN1. The van der Waals surface area contributed by atoms with E-state index in [0.29, 0.717) is 12.7 Å². The van der Waals surface area contributed by atoms with Gasteiger partial charge in [0.05, 0.1) is 5.71 Å². The molecule has 110 valence electrons. The Morgan fingerprint density at radius 3 is 2.85 bits per heavy atom. The number of hydrogen-bond donors (Lipinski definition) is 1. The first kappa shape index (κ1) is 13.8. The Morgan fingerprint density at radius 2 is 2.25 bits per heavy atom. The smallest absolute Gasteiger partial charge is 0.131 e.